The van der Waals surface area contributed by atoms with E-state index in [0.29, 0.717) is 0 Å². The van der Waals surface area contributed by atoms with Gasteiger partial charge in [-0.1, -0.05) is 11.6 Å². The standard InChI is InChI=1S/C14H16ClFN2S/c1-18(10-13-6-7-14(15)19-13)9-8-17-12-4-2-11(16)3-5-12/h2-7,17H,8-10H2,1H3. The second-order valence-corrected chi connectivity index (χ2v) is 6.18. The number of thiophene rings is 1. The molecule has 0 unspecified atom stereocenters. The van der Waals surface area contributed by atoms with Crippen LogP contribution in [0.2, 0.25) is 4.34 Å². The van der Waals surface area contributed by atoms with Gasteiger partial charge in [0, 0.05) is 30.2 Å². The Labute approximate surface area is 121 Å². The molecule has 1 aromatic heterocycles. The second-order valence-electron chi connectivity index (χ2n) is 4.38. The minimum atomic E-state index is -0.211. The lowest BCUT2D eigenvalue weighted by Gasteiger charge is -2.16. The highest BCUT2D eigenvalue weighted by molar-refractivity contribution is 7.16. The van der Waals surface area contributed by atoms with Gasteiger partial charge in [0.2, 0.25) is 0 Å². The van der Waals surface area contributed by atoms with E-state index in [1.807, 2.05) is 6.07 Å². The van der Waals surface area contributed by atoms with Gasteiger partial charge >= 0.3 is 0 Å². The Hall–Kier alpha value is -1.10. The van der Waals surface area contributed by atoms with E-state index in [9.17, 15) is 4.39 Å². The Morgan fingerprint density at radius 3 is 2.58 bits per heavy atom. The normalized spacial score (nSPS) is 10.9. The van der Waals surface area contributed by atoms with Gasteiger partial charge in [-0.25, -0.2) is 4.39 Å². The molecule has 0 fully saturated rings. The maximum Gasteiger partial charge on any atom is 0.123 e. The zero-order valence-electron chi connectivity index (χ0n) is 10.7. The number of rotatable bonds is 6. The maximum absolute atomic E-state index is 12.7. The first-order chi connectivity index (χ1) is 9.13. The summed E-state index contributed by atoms with van der Waals surface area (Å²) in [5.41, 5.74) is 0.939. The van der Waals surface area contributed by atoms with Crippen LogP contribution in [0.4, 0.5) is 10.1 Å². The van der Waals surface area contributed by atoms with Crippen molar-refractivity contribution in [2.75, 3.05) is 25.5 Å². The van der Waals surface area contributed by atoms with Gasteiger partial charge in [-0.3, -0.25) is 4.90 Å². The van der Waals surface area contributed by atoms with Gasteiger partial charge in [0.15, 0.2) is 0 Å². The molecule has 2 aromatic rings. The first-order valence-corrected chi connectivity index (χ1v) is 7.25. The van der Waals surface area contributed by atoms with Crippen molar-refractivity contribution in [1.29, 1.82) is 0 Å². The van der Waals surface area contributed by atoms with Crippen LogP contribution < -0.4 is 5.32 Å². The average molecular weight is 299 g/mol. The summed E-state index contributed by atoms with van der Waals surface area (Å²) in [5.74, 6) is -0.211. The lowest BCUT2D eigenvalue weighted by molar-refractivity contribution is 0.343. The molecule has 0 aliphatic rings. The van der Waals surface area contributed by atoms with Crippen molar-refractivity contribution >= 4 is 28.6 Å². The monoisotopic (exact) mass is 298 g/mol. The number of anilines is 1. The summed E-state index contributed by atoms with van der Waals surface area (Å²) < 4.78 is 13.6. The minimum Gasteiger partial charge on any atom is -0.384 e. The highest BCUT2D eigenvalue weighted by Crippen LogP contribution is 2.22. The molecule has 0 aliphatic carbocycles. The lowest BCUT2D eigenvalue weighted by atomic mass is 10.3. The number of likely N-dealkylation sites (N-methyl/N-ethyl adjacent to an activating group) is 1. The van der Waals surface area contributed by atoms with Gasteiger partial charge in [0.1, 0.15) is 5.82 Å². The van der Waals surface area contributed by atoms with Crippen molar-refractivity contribution in [2.24, 2.45) is 0 Å². The number of hydrogen-bond acceptors (Lipinski definition) is 3. The van der Waals surface area contributed by atoms with Gasteiger partial charge in [-0.05, 0) is 43.4 Å². The van der Waals surface area contributed by atoms with Crippen molar-refractivity contribution in [1.82, 2.24) is 4.90 Å². The van der Waals surface area contributed by atoms with Gasteiger partial charge in [0.05, 0.1) is 4.34 Å². The lowest BCUT2D eigenvalue weighted by Crippen LogP contribution is -2.24. The smallest absolute Gasteiger partial charge is 0.123 e. The summed E-state index contributed by atoms with van der Waals surface area (Å²) in [7, 11) is 2.07. The molecule has 1 aromatic carbocycles. The SMILES string of the molecule is CN(CCNc1ccc(F)cc1)Cc1ccc(Cl)s1. The molecule has 0 saturated heterocycles. The van der Waals surface area contributed by atoms with E-state index in [-0.39, 0.29) is 5.82 Å². The molecule has 2 nitrogen and oxygen atoms in total. The molecule has 0 amide bonds. The topological polar surface area (TPSA) is 15.3 Å². The van der Waals surface area contributed by atoms with Crippen LogP contribution >= 0.6 is 22.9 Å². The van der Waals surface area contributed by atoms with Crippen LogP contribution in [0.1, 0.15) is 4.88 Å². The van der Waals surface area contributed by atoms with E-state index >= 15 is 0 Å². The third kappa shape index (κ3) is 4.82. The first kappa shape index (κ1) is 14.3. The summed E-state index contributed by atoms with van der Waals surface area (Å²) in [6.07, 6.45) is 0. The van der Waals surface area contributed by atoms with E-state index in [1.165, 1.54) is 17.0 Å². The van der Waals surface area contributed by atoms with Crippen LogP contribution in [0, 0.1) is 5.82 Å². The molecule has 0 saturated carbocycles. The van der Waals surface area contributed by atoms with Crippen LogP contribution in [-0.4, -0.2) is 25.0 Å². The highest BCUT2D eigenvalue weighted by atomic mass is 35.5. The van der Waals surface area contributed by atoms with Crippen molar-refractivity contribution in [3.05, 3.63) is 51.4 Å². The Bertz CT molecular complexity index is 512. The molecule has 0 radical (unpaired) electrons. The van der Waals surface area contributed by atoms with E-state index in [1.54, 1.807) is 23.5 Å². The molecule has 1 heterocycles. The third-order valence-electron chi connectivity index (χ3n) is 2.72. The first-order valence-electron chi connectivity index (χ1n) is 6.06. The van der Waals surface area contributed by atoms with Gasteiger partial charge < -0.3 is 5.32 Å². The molecule has 1 N–H and O–H groups in total. The zero-order valence-corrected chi connectivity index (χ0v) is 12.3. The predicted molar refractivity (Wildman–Crippen MR) is 80.6 cm³/mol. The summed E-state index contributed by atoms with van der Waals surface area (Å²) in [6.45, 7) is 2.62. The number of nitrogens with one attached hydrogen (secondary N) is 1. The molecule has 0 spiro atoms. The van der Waals surface area contributed by atoms with Crippen molar-refractivity contribution in [2.45, 2.75) is 6.54 Å². The summed E-state index contributed by atoms with van der Waals surface area (Å²) in [6, 6.07) is 10.4. The average Bonchev–Trinajstić information content (AvgIpc) is 2.77. The summed E-state index contributed by atoms with van der Waals surface area (Å²) in [4.78, 5) is 3.48. The Morgan fingerprint density at radius 2 is 1.95 bits per heavy atom. The number of benzene rings is 1. The van der Waals surface area contributed by atoms with E-state index < -0.39 is 0 Å². The fraction of sp³-hybridized carbons (Fsp3) is 0.286. The molecule has 2 rings (SSSR count). The van der Waals surface area contributed by atoms with Crippen molar-refractivity contribution in [3.63, 3.8) is 0 Å². The molecule has 0 bridgehead atoms. The molecular weight excluding hydrogens is 283 g/mol. The van der Waals surface area contributed by atoms with Gasteiger partial charge in [-0.2, -0.15) is 0 Å². The molecular formula is C14H16ClFN2S. The highest BCUT2D eigenvalue weighted by Gasteiger charge is 2.03. The largest absolute Gasteiger partial charge is 0.384 e. The van der Waals surface area contributed by atoms with E-state index in [4.69, 9.17) is 11.6 Å². The van der Waals surface area contributed by atoms with Crippen LogP contribution in [0.15, 0.2) is 36.4 Å². The number of halogens is 2. The van der Waals surface area contributed by atoms with Gasteiger partial charge in [0.25, 0.3) is 0 Å². The third-order valence-corrected chi connectivity index (χ3v) is 3.94. The Kier molecular flexibility index (Phi) is 5.19. The fourth-order valence-electron chi connectivity index (χ4n) is 1.74. The van der Waals surface area contributed by atoms with Crippen LogP contribution in [-0.2, 0) is 6.54 Å². The van der Waals surface area contributed by atoms with Gasteiger partial charge in [-0.15, -0.1) is 11.3 Å². The molecule has 19 heavy (non-hydrogen) atoms. The zero-order chi connectivity index (χ0) is 13.7. The summed E-state index contributed by atoms with van der Waals surface area (Å²) in [5, 5.41) is 3.26. The second kappa shape index (κ2) is 6.89. The number of hydrogen-bond donors (Lipinski definition) is 1. The molecule has 5 heteroatoms. The van der Waals surface area contributed by atoms with E-state index in [0.717, 1.165) is 29.7 Å². The molecule has 102 valence electrons. The Morgan fingerprint density at radius 1 is 1.21 bits per heavy atom. The van der Waals surface area contributed by atoms with Crippen molar-refractivity contribution < 1.29 is 4.39 Å². The van der Waals surface area contributed by atoms with Crippen LogP contribution in [0.3, 0.4) is 0 Å². The van der Waals surface area contributed by atoms with Crippen molar-refractivity contribution in [3.8, 4) is 0 Å². The maximum atomic E-state index is 12.7. The predicted octanol–water partition coefficient (Wildman–Crippen LogP) is 4.08. The summed E-state index contributed by atoms with van der Waals surface area (Å²) >= 11 is 7.51. The Balaban J connectivity index is 1.71. The molecule has 0 aliphatic heterocycles. The van der Waals surface area contributed by atoms with Crippen LogP contribution in [0.5, 0.6) is 0 Å². The fourth-order valence-corrected chi connectivity index (χ4v) is 2.91. The quantitative estimate of drug-likeness (QED) is 0.864. The number of nitrogens with zero attached hydrogens (tertiary/aromatic N) is 1. The van der Waals surface area contributed by atoms with E-state index in [2.05, 4.69) is 23.3 Å². The minimum absolute atomic E-state index is 0.211. The molecule has 0 atom stereocenters. The van der Waals surface area contributed by atoms with Crippen LogP contribution in [0.25, 0.3) is 0 Å².